The Balaban J connectivity index is 1.36. The number of benzene rings is 2. The molecule has 0 radical (unpaired) electrons. The van der Waals surface area contributed by atoms with E-state index in [1.807, 2.05) is 37.3 Å². The van der Waals surface area contributed by atoms with Crippen LogP contribution in [0.1, 0.15) is 24.0 Å². The number of rotatable bonds is 7. The Morgan fingerprint density at radius 1 is 1.36 bits per heavy atom. The van der Waals surface area contributed by atoms with Crippen LogP contribution in [0.15, 0.2) is 51.8 Å². The standard InChI is InChI=1S/C24H23BrN2O4S2/c1-15-10-17(25)7-8-20(15)26-22(28)14-31-18-5-2-4-16(11-18)12-21-23(29)27(24(32)33-21)13-19-6-3-9-30-19/h2,4-5,7-8,10-12,19H,3,6,9,13-14H2,1H3,(H,26,28)/b21-12-/t19-/m0/s1. The van der Waals surface area contributed by atoms with E-state index in [9.17, 15) is 9.59 Å². The largest absolute Gasteiger partial charge is 0.484 e. The van der Waals surface area contributed by atoms with Crippen LogP contribution in [-0.4, -0.2) is 46.9 Å². The smallest absolute Gasteiger partial charge is 0.266 e. The Hall–Kier alpha value is -2.20. The molecule has 2 amide bonds. The van der Waals surface area contributed by atoms with E-state index in [0.717, 1.165) is 40.7 Å². The van der Waals surface area contributed by atoms with Crippen molar-refractivity contribution in [3.8, 4) is 5.75 Å². The average molecular weight is 547 g/mol. The SMILES string of the molecule is Cc1cc(Br)ccc1NC(=O)COc1cccc(/C=C2\SC(=S)N(C[C@@H]3CCCO3)C2=O)c1. The van der Waals surface area contributed by atoms with Crippen LogP contribution in [-0.2, 0) is 14.3 Å². The van der Waals surface area contributed by atoms with Gasteiger partial charge in [0.1, 0.15) is 10.1 Å². The number of amides is 2. The molecule has 172 valence electrons. The van der Waals surface area contributed by atoms with Crippen molar-refractivity contribution >= 4 is 67.8 Å². The fourth-order valence-corrected chi connectivity index (χ4v) is 5.35. The number of thiocarbonyl (C=S) groups is 1. The first-order valence-electron chi connectivity index (χ1n) is 10.5. The molecular weight excluding hydrogens is 524 g/mol. The topological polar surface area (TPSA) is 67.9 Å². The Kier molecular flexibility index (Phi) is 7.85. The molecule has 2 aliphatic heterocycles. The first-order valence-corrected chi connectivity index (χ1v) is 12.6. The van der Waals surface area contributed by atoms with Gasteiger partial charge in [0.05, 0.1) is 17.6 Å². The number of nitrogens with zero attached hydrogens (tertiary/aromatic N) is 1. The van der Waals surface area contributed by atoms with Gasteiger partial charge >= 0.3 is 0 Å². The summed E-state index contributed by atoms with van der Waals surface area (Å²) in [6.07, 6.45) is 3.82. The molecule has 6 nitrogen and oxygen atoms in total. The maximum atomic E-state index is 12.8. The summed E-state index contributed by atoms with van der Waals surface area (Å²) < 4.78 is 12.8. The van der Waals surface area contributed by atoms with Crippen LogP contribution in [0.2, 0.25) is 0 Å². The number of hydrogen-bond donors (Lipinski definition) is 1. The van der Waals surface area contributed by atoms with Gasteiger partial charge in [-0.05, 0) is 67.3 Å². The van der Waals surface area contributed by atoms with Crippen molar-refractivity contribution in [3.63, 3.8) is 0 Å². The molecule has 2 saturated heterocycles. The number of nitrogens with one attached hydrogen (secondary N) is 1. The Morgan fingerprint density at radius 3 is 2.97 bits per heavy atom. The average Bonchev–Trinajstić information content (AvgIpc) is 3.39. The molecule has 9 heteroatoms. The molecule has 1 atom stereocenters. The van der Waals surface area contributed by atoms with Gasteiger partial charge in [0.15, 0.2) is 6.61 Å². The molecule has 0 unspecified atom stereocenters. The predicted octanol–water partition coefficient (Wildman–Crippen LogP) is 5.16. The Bertz CT molecular complexity index is 1120. The van der Waals surface area contributed by atoms with Gasteiger partial charge in [0.2, 0.25) is 0 Å². The normalized spacial score (nSPS) is 19.4. The van der Waals surface area contributed by atoms with E-state index in [2.05, 4.69) is 21.2 Å². The number of aryl methyl sites for hydroxylation is 1. The molecule has 0 aromatic heterocycles. The van der Waals surface area contributed by atoms with Gasteiger partial charge in [-0.3, -0.25) is 14.5 Å². The van der Waals surface area contributed by atoms with E-state index in [1.54, 1.807) is 23.1 Å². The third-order valence-electron chi connectivity index (χ3n) is 5.27. The molecular formula is C24H23BrN2O4S2. The van der Waals surface area contributed by atoms with Crippen molar-refractivity contribution < 1.29 is 19.1 Å². The molecule has 1 N–H and O–H groups in total. The second-order valence-corrected chi connectivity index (χ2v) is 10.4. The highest BCUT2D eigenvalue weighted by Crippen LogP contribution is 2.34. The van der Waals surface area contributed by atoms with E-state index in [1.165, 1.54) is 11.8 Å². The predicted molar refractivity (Wildman–Crippen MR) is 138 cm³/mol. The number of thioether (sulfide) groups is 1. The number of hydrogen-bond acceptors (Lipinski definition) is 6. The second-order valence-electron chi connectivity index (χ2n) is 7.80. The lowest BCUT2D eigenvalue weighted by atomic mass is 10.2. The van der Waals surface area contributed by atoms with Gasteiger partial charge in [-0.15, -0.1) is 0 Å². The van der Waals surface area contributed by atoms with Crippen molar-refractivity contribution in [2.24, 2.45) is 0 Å². The van der Waals surface area contributed by atoms with E-state index in [0.29, 0.717) is 21.5 Å². The maximum Gasteiger partial charge on any atom is 0.266 e. The van der Waals surface area contributed by atoms with Gasteiger partial charge in [-0.25, -0.2) is 0 Å². The summed E-state index contributed by atoms with van der Waals surface area (Å²) in [5, 5.41) is 2.85. The summed E-state index contributed by atoms with van der Waals surface area (Å²) in [4.78, 5) is 27.3. The van der Waals surface area contributed by atoms with E-state index in [4.69, 9.17) is 21.7 Å². The molecule has 2 aliphatic rings. The minimum Gasteiger partial charge on any atom is -0.484 e. The molecule has 2 heterocycles. The Morgan fingerprint density at radius 2 is 2.21 bits per heavy atom. The summed E-state index contributed by atoms with van der Waals surface area (Å²) in [5.41, 5.74) is 2.50. The zero-order valence-corrected chi connectivity index (χ0v) is 21.2. The lowest BCUT2D eigenvalue weighted by Crippen LogP contribution is -2.35. The van der Waals surface area contributed by atoms with Gasteiger partial charge in [0.25, 0.3) is 11.8 Å². The zero-order valence-electron chi connectivity index (χ0n) is 18.0. The van der Waals surface area contributed by atoms with Crippen molar-refractivity contribution in [3.05, 3.63) is 63.0 Å². The highest BCUT2D eigenvalue weighted by molar-refractivity contribution is 9.10. The van der Waals surface area contributed by atoms with Crippen LogP contribution in [0.3, 0.4) is 0 Å². The minimum absolute atomic E-state index is 0.0518. The van der Waals surface area contributed by atoms with Crippen LogP contribution < -0.4 is 10.1 Å². The summed E-state index contributed by atoms with van der Waals surface area (Å²) >= 11 is 10.1. The summed E-state index contributed by atoms with van der Waals surface area (Å²) in [6.45, 7) is 3.04. The molecule has 0 spiro atoms. The third kappa shape index (κ3) is 6.23. The summed E-state index contributed by atoms with van der Waals surface area (Å²) in [6, 6.07) is 12.9. The number of halogens is 1. The van der Waals surface area contributed by atoms with Gasteiger partial charge in [-0.2, -0.15) is 0 Å². The molecule has 2 fully saturated rings. The Labute approximate surface area is 210 Å². The molecule has 4 rings (SSSR count). The fraction of sp³-hybridized carbons (Fsp3) is 0.292. The maximum absolute atomic E-state index is 12.8. The second kappa shape index (κ2) is 10.8. The number of carbonyl (C=O) groups excluding carboxylic acids is 2. The van der Waals surface area contributed by atoms with Crippen molar-refractivity contribution in [2.45, 2.75) is 25.9 Å². The van der Waals surface area contributed by atoms with Crippen LogP contribution in [0.4, 0.5) is 5.69 Å². The van der Waals surface area contributed by atoms with Crippen molar-refractivity contribution in [2.75, 3.05) is 25.1 Å². The first-order chi connectivity index (χ1) is 15.9. The highest BCUT2D eigenvalue weighted by Gasteiger charge is 2.34. The summed E-state index contributed by atoms with van der Waals surface area (Å²) in [5.74, 6) is 0.193. The number of anilines is 1. The van der Waals surface area contributed by atoms with Crippen molar-refractivity contribution in [1.82, 2.24) is 4.90 Å². The molecule has 0 aliphatic carbocycles. The minimum atomic E-state index is -0.249. The van der Waals surface area contributed by atoms with E-state index >= 15 is 0 Å². The lowest BCUT2D eigenvalue weighted by Gasteiger charge is -2.18. The highest BCUT2D eigenvalue weighted by atomic mass is 79.9. The van der Waals surface area contributed by atoms with Crippen LogP contribution in [0.5, 0.6) is 5.75 Å². The van der Waals surface area contributed by atoms with Gasteiger partial charge in [-0.1, -0.05) is 52.0 Å². The number of carbonyl (C=O) groups is 2. The zero-order chi connectivity index (χ0) is 23.4. The van der Waals surface area contributed by atoms with Gasteiger partial charge in [0, 0.05) is 16.8 Å². The quantitative estimate of drug-likeness (QED) is 0.382. The van der Waals surface area contributed by atoms with E-state index < -0.39 is 0 Å². The monoisotopic (exact) mass is 546 g/mol. The van der Waals surface area contributed by atoms with Gasteiger partial charge < -0.3 is 14.8 Å². The fourth-order valence-electron chi connectivity index (χ4n) is 3.60. The van der Waals surface area contributed by atoms with Crippen LogP contribution >= 0.6 is 39.9 Å². The molecule has 0 bridgehead atoms. The molecule has 2 aromatic rings. The molecule has 33 heavy (non-hydrogen) atoms. The van der Waals surface area contributed by atoms with Crippen LogP contribution in [0, 0.1) is 6.92 Å². The third-order valence-corrected chi connectivity index (χ3v) is 7.14. The summed E-state index contributed by atoms with van der Waals surface area (Å²) in [7, 11) is 0. The number of ether oxygens (including phenoxy) is 2. The van der Waals surface area contributed by atoms with Crippen LogP contribution in [0.25, 0.3) is 6.08 Å². The van der Waals surface area contributed by atoms with E-state index in [-0.39, 0.29) is 24.5 Å². The van der Waals surface area contributed by atoms with Crippen molar-refractivity contribution in [1.29, 1.82) is 0 Å². The molecule has 0 saturated carbocycles. The lowest BCUT2D eigenvalue weighted by molar-refractivity contribution is -0.123. The first kappa shape index (κ1) is 23.9. The molecule has 2 aromatic carbocycles.